The van der Waals surface area contributed by atoms with E-state index in [1.807, 2.05) is 20.8 Å². The molecule has 2 aromatic rings. The molecule has 1 aromatic carbocycles. The van der Waals surface area contributed by atoms with Crippen molar-refractivity contribution in [3.05, 3.63) is 51.1 Å². The third kappa shape index (κ3) is 5.41. The minimum Gasteiger partial charge on any atom is -0.385 e. The number of aryl methyl sites for hydroxylation is 3. The molecule has 0 aliphatic rings. The SMILES string of the molecule is COCCC(COC)n1cc(C)nc(Nc2c(C)cc(C)cc2COC)c1=O. The highest BCUT2D eigenvalue weighted by atomic mass is 16.5. The number of hydrogen-bond donors (Lipinski definition) is 1. The molecule has 1 atom stereocenters. The summed E-state index contributed by atoms with van der Waals surface area (Å²) in [7, 11) is 4.93. The molecular weight excluding hydrogens is 358 g/mol. The summed E-state index contributed by atoms with van der Waals surface area (Å²) >= 11 is 0. The van der Waals surface area contributed by atoms with Gasteiger partial charge in [0.25, 0.3) is 5.56 Å². The molecule has 1 heterocycles. The lowest BCUT2D eigenvalue weighted by molar-refractivity contribution is 0.119. The molecule has 1 unspecified atom stereocenters. The Morgan fingerprint density at radius 1 is 1.11 bits per heavy atom. The number of anilines is 2. The molecule has 154 valence electrons. The van der Waals surface area contributed by atoms with Crippen molar-refractivity contribution in [3.63, 3.8) is 0 Å². The van der Waals surface area contributed by atoms with Gasteiger partial charge >= 0.3 is 0 Å². The van der Waals surface area contributed by atoms with Crippen LogP contribution in [0.3, 0.4) is 0 Å². The van der Waals surface area contributed by atoms with Crippen molar-refractivity contribution in [3.8, 4) is 0 Å². The number of rotatable bonds is 10. The van der Waals surface area contributed by atoms with Crippen molar-refractivity contribution in [2.24, 2.45) is 0 Å². The summed E-state index contributed by atoms with van der Waals surface area (Å²) in [6.45, 7) is 7.34. The van der Waals surface area contributed by atoms with Gasteiger partial charge in [0.05, 0.1) is 24.9 Å². The van der Waals surface area contributed by atoms with Crippen molar-refractivity contribution >= 4 is 11.5 Å². The second kappa shape index (κ2) is 10.4. The highest BCUT2D eigenvalue weighted by molar-refractivity contribution is 5.65. The number of methoxy groups -OCH3 is 3. The van der Waals surface area contributed by atoms with Gasteiger partial charge in [0.15, 0.2) is 5.82 Å². The topological polar surface area (TPSA) is 74.6 Å². The molecule has 28 heavy (non-hydrogen) atoms. The fraction of sp³-hybridized carbons (Fsp3) is 0.524. The second-order valence-electron chi connectivity index (χ2n) is 7.01. The maximum atomic E-state index is 13.2. The Bertz CT molecular complexity index is 848. The van der Waals surface area contributed by atoms with Crippen LogP contribution >= 0.6 is 0 Å². The number of nitrogens with one attached hydrogen (secondary N) is 1. The summed E-state index contributed by atoms with van der Waals surface area (Å²) < 4.78 is 17.5. The van der Waals surface area contributed by atoms with Gasteiger partial charge in [-0.25, -0.2) is 4.98 Å². The molecule has 1 aromatic heterocycles. The molecule has 2 rings (SSSR count). The first-order chi connectivity index (χ1) is 13.4. The van der Waals surface area contributed by atoms with E-state index in [1.54, 1.807) is 32.1 Å². The monoisotopic (exact) mass is 389 g/mol. The third-order valence-corrected chi connectivity index (χ3v) is 4.56. The largest absolute Gasteiger partial charge is 0.385 e. The van der Waals surface area contributed by atoms with Crippen LogP contribution in [-0.4, -0.2) is 44.1 Å². The molecule has 0 spiro atoms. The van der Waals surface area contributed by atoms with Gasteiger partial charge in [-0.3, -0.25) is 4.79 Å². The van der Waals surface area contributed by atoms with E-state index in [1.165, 1.54) is 0 Å². The van der Waals surface area contributed by atoms with Gasteiger partial charge in [0.1, 0.15) is 0 Å². The van der Waals surface area contributed by atoms with Crippen LogP contribution in [0.5, 0.6) is 0 Å². The molecule has 0 bridgehead atoms. The highest BCUT2D eigenvalue weighted by Crippen LogP contribution is 2.26. The molecule has 0 saturated carbocycles. The average Bonchev–Trinajstić information content (AvgIpc) is 2.64. The fourth-order valence-corrected chi connectivity index (χ4v) is 3.36. The van der Waals surface area contributed by atoms with E-state index >= 15 is 0 Å². The van der Waals surface area contributed by atoms with E-state index in [9.17, 15) is 4.79 Å². The van der Waals surface area contributed by atoms with Gasteiger partial charge in [-0.05, 0) is 32.8 Å². The summed E-state index contributed by atoms with van der Waals surface area (Å²) in [5, 5.41) is 3.26. The lowest BCUT2D eigenvalue weighted by Crippen LogP contribution is -2.31. The fourth-order valence-electron chi connectivity index (χ4n) is 3.36. The maximum absolute atomic E-state index is 13.2. The Morgan fingerprint density at radius 3 is 2.50 bits per heavy atom. The van der Waals surface area contributed by atoms with Crippen molar-refractivity contribution in [2.75, 3.05) is 39.9 Å². The van der Waals surface area contributed by atoms with Crippen molar-refractivity contribution < 1.29 is 14.2 Å². The summed E-state index contributed by atoms with van der Waals surface area (Å²) in [5.74, 6) is 0.294. The Morgan fingerprint density at radius 2 is 1.86 bits per heavy atom. The first-order valence-electron chi connectivity index (χ1n) is 9.35. The van der Waals surface area contributed by atoms with Gasteiger partial charge in [0.2, 0.25) is 0 Å². The number of aromatic nitrogens is 2. The first-order valence-corrected chi connectivity index (χ1v) is 9.35. The molecule has 0 aliphatic carbocycles. The zero-order valence-corrected chi connectivity index (χ0v) is 17.7. The zero-order valence-electron chi connectivity index (χ0n) is 17.7. The smallest absolute Gasteiger partial charge is 0.294 e. The minimum absolute atomic E-state index is 0.128. The second-order valence-corrected chi connectivity index (χ2v) is 7.01. The molecule has 0 aliphatic heterocycles. The molecule has 7 heteroatoms. The molecule has 1 N–H and O–H groups in total. The predicted octanol–water partition coefficient (Wildman–Crippen LogP) is 3.28. The maximum Gasteiger partial charge on any atom is 0.294 e. The van der Waals surface area contributed by atoms with E-state index < -0.39 is 0 Å². The van der Waals surface area contributed by atoms with Crippen LogP contribution in [0.4, 0.5) is 11.5 Å². The van der Waals surface area contributed by atoms with Gasteiger partial charge in [-0.2, -0.15) is 0 Å². The molecular formula is C21H31N3O4. The summed E-state index contributed by atoms with van der Waals surface area (Å²) in [5.41, 5.74) is 4.58. The molecule has 0 radical (unpaired) electrons. The molecule has 0 saturated heterocycles. The van der Waals surface area contributed by atoms with Crippen LogP contribution in [0.1, 0.15) is 34.8 Å². The summed E-state index contributed by atoms with van der Waals surface area (Å²) in [4.78, 5) is 17.6. The standard InChI is InChI=1S/C21H31N3O4/c1-14-9-15(2)19(17(10-14)12-27-5)23-20-21(25)24(11-16(3)22-20)18(13-28-6)7-8-26-4/h9-11,18H,7-8,12-13H2,1-6H3,(H,22,23). The lowest BCUT2D eigenvalue weighted by atomic mass is 10.0. The summed E-state index contributed by atoms with van der Waals surface area (Å²) in [6, 6.07) is 4.00. The van der Waals surface area contributed by atoms with Crippen molar-refractivity contribution in [2.45, 2.75) is 39.8 Å². The van der Waals surface area contributed by atoms with Crippen molar-refractivity contribution in [1.29, 1.82) is 0 Å². The van der Waals surface area contributed by atoms with Crippen LogP contribution in [0.15, 0.2) is 23.1 Å². The average molecular weight is 389 g/mol. The van der Waals surface area contributed by atoms with E-state index in [-0.39, 0.29) is 11.6 Å². The Balaban J connectivity index is 2.48. The van der Waals surface area contributed by atoms with Gasteiger partial charge in [-0.15, -0.1) is 0 Å². The van der Waals surface area contributed by atoms with E-state index in [0.717, 1.165) is 28.1 Å². The van der Waals surface area contributed by atoms with Crippen LogP contribution in [0.2, 0.25) is 0 Å². The van der Waals surface area contributed by atoms with Gasteiger partial charge < -0.3 is 24.1 Å². The minimum atomic E-state index is -0.188. The first kappa shape index (κ1) is 22.1. The van der Waals surface area contributed by atoms with Crippen LogP contribution in [0.25, 0.3) is 0 Å². The lowest BCUT2D eigenvalue weighted by Gasteiger charge is -2.21. The number of nitrogens with zero attached hydrogens (tertiary/aromatic N) is 2. The number of benzene rings is 1. The van der Waals surface area contributed by atoms with Crippen molar-refractivity contribution in [1.82, 2.24) is 9.55 Å². The third-order valence-electron chi connectivity index (χ3n) is 4.56. The Kier molecular flexibility index (Phi) is 8.17. The molecule has 0 fully saturated rings. The quantitative estimate of drug-likeness (QED) is 0.672. The van der Waals surface area contributed by atoms with E-state index in [0.29, 0.717) is 32.1 Å². The van der Waals surface area contributed by atoms with Crippen LogP contribution in [0, 0.1) is 20.8 Å². The predicted molar refractivity (Wildman–Crippen MR) is 111 cm³/mol. The zero-order chi connectivity index (χ0) is 20.7. The van der Waals surface area contributed by atoms with Crippen LogP contribution < -0.4 is 10.9 Å². The number of ether oxygens (including phenoxy) is 3. The molecule has 7 nitrogen and oxygen atoms in total. The Hall–Kier alpha value is -2.22. The van der Waals surface area contributed by atoms with Gasteiger partial charge in [0, 0.05) is 45.4 Å². The van der Waals surface area contributed by atoms with E-state index in [4.69, 9.17) is 14.2 Å². The van der Waals surface area contributed by atoms with Crippen LogP contribution in [-0.2, 0) is 20.8 Å². The Labute approximate surface area is 166 Å². The van der Waals surface area contributed by atoms with E-state index in [2.05, 4.69) is 22.4 Å². The van der Waals surface area contributed by atoms with Gasteiger partial charge in [-0.1, -0.05) is 17.7 Å². The normalized spacial score (nSPS) is 12.2. The highest BCUT2D eigenvalue weighted by Gasteiger charge is 2.18. The summed E-state index contributed by atoms with van der Waals surface area (Å²) in [6.07, 6.45) is 2.44. The number of hydrogen-bond acceptors (Lipinski definition) is 6. The molecule has 0 amide bonds.